The molecule has 2 aromatic carbocycles. The van der Waals surface area contributed by atoms with Gasteiger partial charge in [0.05, 0.1) is 16.6 Å². The highest BCUT2D eigenvalue weighted by Gasteiger charge is 2.30. The molecule has 108 valence electrons. The maximum atomic E-state index is 12.5. The predicted octanol–water partition coefficient (Wildman–Crippen LogP) is 4.94. The summed E-state index contributed by atoms with van der Waals surface area (Å²) in [5.41, 5.74) is 1.25. The summed E-state index contributed by atoms with van der Waals surface area (Å²) in [4.78, 5) is 4.62. The summed E-state index contributed by atoms with van der Waals surface area (Å²) in [5, 5.41) is 0.945. The van der Waals surface area contributed by atoms with Crippen LogP contribution < -0.4 is 0 Å². The highest BCUT2D eigenvalue weighted by molar-refractivity contribution is 8.14. The van der Waals surface area contributed by atoms with E-state index in [0.29, 0.717) is 0 Å². The number of hydrogen-bond donors (Lipinski definition) is 0. The maximum Gasteiger partial charge on any atom is 0.416 e. The lowest BCUT2D eigenvalue weighted by Crippen LogP contribution is -2.05. The molecule has 1 nitrogen and oxygen atoms in total. The van der Waals surface area contributed by atoms with Crippen molar-refractivity contribution in [3.63, 3.8) is 0 Å². The standard InChI is InChI=1S/C16H12F3NS/c17-16(18,19)13-8-6-11(7-9-13)14-10-21-15(20-14)12-4-2-1-3-5-12/h1-9,14H,10H2. The van der Waals surface area contributed by atoms with Gasteiger partial charge in [-0.1, -0.05) is 42.5 Å². The third-order valence-corrected chi connectivity index (χ3v) is 4.39. The molecule has 1 aliphatic heterocycles. The molecule has 0 N–H and O–H groups in total. The Kier molecular flexibility index (Phi) is 3.76. The molecule has 3 rings (SSSR count). The SMILES string of the molecule is FC(F)(F)c1ccc(C2CSC(c3ccccc3)=N2)cc1. The lowest BCUT2D eigenvalue weighted by atomic mass is 10.1. The smallest absolute Gasteiger partial charge is 0.269 e. The molecule has 0 saturated heterocycles. The number of nitrogens with zero attached hydrogens (tertiary/aromatic N) is 1. The van der Waals surface area contributed by atoms with Crippen molar-refractivity contribution in [2.75, 3.05) is 5.75 Å². The summed E-state index contributed by atoms with van der Waals surface area (Å²) in [6.07, 6.45) is -4.29. The molecule has 1 atom stereocenters. The Morgan fingerprint density at radius 2 is 1.62 bits per heavy atom. The van der Waals surface area contributed by atoms with Crippen LogP contribution in [-0.2, 0) is 6.18 Å². The van der Waals surface area contributed by atoms with Crippen molar-refractivity contribution < 1.29 is 13.2 Å². The zero-order valence-corrected chi connectivity index (χ0v) is 11.8. The molecule has 5 heteroatoms. The molecule has 0 aliphatic carbocycles. The van der Waals surface area contributed by atoms with Crippen LogP contribution in [0.2, 0.25) is 0 Å². The van der Waals surface area contributed by atoms with Crippen LogP contribution in [0.3, 0.4) is 0 Å². The Morgan fingerprint density at radius 3 is 2.24 bits per heavy atom. The Bertz CT molecular complexity index is 647. The monoisotopic (exact) mass is 307 g/mol. The summed E-state index contributed by atoms with van der Waals surface area (Å²) < 4.78 is 37.6. The van der Waals surface area contributed by atoms with Gasteiger partial charge in [0, 0.05) is 11.3 Å². The van der Waals surface area contributed by atoms with Crippen LogP contribution in [0.15, 0.2) is 59.6 Å². The van der Waals surface area contributed by atoms with Gasteiger partial charge >= 0.3 is 6.18 Å². The minimum Gasteiger partial charge on any atom is -0.269 e. The lowest BCUT2D eigenvalue weighted by molar-refractivity contribution is -0.137. The summed E-state index contributed by atoms with van der Waals surface area (Å²) >= 11 is 1.64. The molecular weight excluding hydrogens is 295 g/mol. The minimum atomic E-state index is -4.29. The van der Waals surface area contributed by atoms with Crippen molar-refractivity contribution in [1.29, 1.82) is 0 Å². The fraction of sp³-hybridized carbons (Fsp3) is 0.188. The second kappa shape index (κ2) is 5.56. The van der Waals surface area contributed by atoms with Crippen LogP contribution in [-0.4, -0.2) is 10.8 Å². The van der Waals surface area contributed by atoms with Crippen molar-refractivity contribution in [2.45, 2.75) is 12.2 Å². The second-order valence-electron chi connectivity index (χ2n) is 4.75. The van der Waals surface area contributed by atoms with Gasteiger partial charge in [0.15, 0.2) is 0 Å². The van der Waals surface area contributed by atoms with E-state index in [1.54, 1.807) is 11.8 Å². The topological polar surface area (TPSA) is 12.4 Å². The largest absolute Gasteiger partial charge is 0.416 e. The first kappa shape index (κ1) is 14.2. The highest BCUT2D eigenvalue weighted by atomic mass is 32.2. The first-order chi connectivity index (χ1) is 10.0. The molecule has 0 bridgehead atoms. The van der Waals surface area contributed by atoms with Crippen LogP contribution in [0, 0.1) is 0 Å². The van der Waals surface area contributed by atoms with E-state index >= 15 is 0 Å². The number of benzene rings is 2. The molecule has 1 aliphatic rings. The van der Waals surface area contributed by atoms with Gasteiger partial charge < -0.3 is 0 Å². The molecular formula is C16H12F3NS. The molecule has 21 heavy (non-hydrogen) atoms. The van der Waals surface area contributed by atoms with E-state index in [2.05, 4.69) is 4.99 Å². The van der Waals surface area contributed by atoms with Crippen molar-refractivity contribution in [2.24, 2.45) is 4.99 Å². The molecule has 0 amide bonds. The summed E-state index contributed by atoms with van der Waals surface area (Å²) in [5.74, 6) is 0.760. The van der Waals surface area contributed by atoms with Crippen molar-refractivity contribution in [1.82, 2.24) is 0 Å². The normalized spacial score (nSPS) is 18.6. The van der Waals surface area contributed by atoms with E-state index in [4.69, 9.17) is 0 Å². The number of hydrogen-bond acceptors (Lipinski definition) is 2. The molecule has 1 unspecified atom stereocenters. The van der Waals surface area contributed by atoms with Gasteiger partial charge in [-0.25, -0.2) is 0 Å². The van der Waals surface area contributed by atoms with Gasteiger partial charge in [-0.05, 0) is 17.7 Å². The molecule has 0 radical (unpaired) electrons. The Labute approximate surface area is 124 Å². The second-order valence-corrected chi connectivity index (χ2v) is 5.76. The van der Waals surface area contributed by atoms with E-state index < -0.39 is 11.7 Å². The van der Waals surface area contributed by atoms with Crippen LogP contribution in [0.25, 0.3) is 0 Å². The third kappa shape index (κ3) is 3.13. The Balaban J connectivity index is 1.81. The van der Waals surface area contributed by atoms with E-state index in [1.807, 2.05) is 30.3 Å². The maximum absolute atomic E-state index is 12.5. The fourth-order valence-electron chi connectivity index (χ4n) is 2.18. The van der Waals surface area contributed by atoms with E-state index in [-0.39, 0.29) is 6.04 Å². The van der Waals surface area contributed by atoms with E-state index in [9.17, 15) is 13.2 Å². The molecule has 1 heterocycles. The summed E-state index contributed by atoms with van der Waals surface area (Å²) in [6, 6.07) is 15.0. The van der Waals surface area contributed by atoms with Crippen LogP contribution in [0.4, 0.5) is 13.2 Å². The average Bonchev–Trinajstić information content (AvgIpc) is 2.97. The van der Waals surface area contributed by atoms with E-state index in [1.165, 1.54) is 12.1 Å². The molecule has 0 fully saturated rings. The predicted molar refractivity (Wildman–Crippen MR) is 79.6 cm³/mol. The average molecular weight is 307 g/mol. The quantitative estimate of drug-likeness (QED) is 0.765. The third-order valence-electron chi connectivity index (χ3n) is 3.29. The first-order valence-corrected chi connectivity index (χ1v) is 7.46. The molecule has 2 aromatic rings. The lowest BCUT2D eigenvalue weighted by Gasteiger charge is -2.09. The van der Waals surface area contributed by atoms with Gasteiger partial charge in [-0.15, -0.1) is 11.8 Å². The Morgan fingerprint density at radius 1 is 0.952 bits per heavy atom. The highest BCUT2D eigenvalue weighted by Crippen LogP contribution is 2.35. The van der Waals surface area contributed by atoms with Gasteiger partial charge in [0.25, 0.3) is 0 Å². The van der Waals surface area contributed by atoms with Gasteiger partial charge in [-0.3, -0.25) is 4.99 Å². The summed E-state index contributed by atoms with van der Waals surface area (Å²) in [6.45, 7) is 0. The number of aliphatic imine (C=N–C) groups is 1. The minimum absolute atomic E-state index is 0.0764. The van der Waals surface area contributed by atoms with Gasteiger partial charge in [-0.2, -0.15) is 13.2 Å². The number of alkyl halides is 3. The van der Waals surface area contributed by atoms with Crippen molar-refractivity contribution >= 4 is 16.8 Å². The molecule has 0 saturated carbocycles. The Hall–Kier alpha value is -1.75. The number of halogens is 3. The number of thioether (sulfide) groups is 1. The van der Waals surface area contributed by atoms with Crippen LogP contribution in [0.5, 0.6) is 0 Å². The van der Waals surface area contributed by atoms with E-state index in [0.717, 1.165) is 34.1 Å². The first-order valence-electron chi connectivity index (χ1n) is 6.47. The zero-order valence-electron chi connectivity index (χ0n) is 11.0. The van der Waals surface area contributed by atoms with Gasteiger partial charge in [0.1, 0.15) is 0 Å². The number of rotatable bonds is 2. The molecule has 0 spiro atoms. The van der Waals surface area contributed by atoms with Crippen LogP contribution in [0.1, 0.15) is 22.7 Å². The molecule has 0 aromatic heterocycles. The van der Waals surface area contributed by atoms with Crippen molar-refractivity contribution in [3.8, 4) is 0 Å². The van der Waals surface area contributed by atoms with Gasteiger partial charge in [0.2, 0.25) is 0 Å². The zero-order chi connectivity index (χ0) is 14.9. The fourth-order valence-corrected chi connectivity index (χ4v) is 3.26. The van der Waals surface area contributed by atoms with Crippen LogP contribution >= 0.6 is 11.8 Å². The van der Waals surface area contributed by atoms with Crippen molar-refractivity contribution in [3.05, 3.63) is 71.3 Å². The summed E-state index contributed by atoms with van der Waals surface area (Å²) in [7, 11) is 0.